The summed E-state index contributed by atoms with van der Waals surface area (Å²) in [6, 6.07) is 4.36. The van der Waals surface area contributed by atoms with E-state index in [1.54, 1.807) is 0 Å². The van der Waals surface area contributed by atoms with E-state index < -0.39 is 0 Å². The van der Waals surface area contributed by atoms with E-state index in [9.17, 15) is 0 Å². The predicted octanol–water partition coefficient (Wildman–Crippen LogP) is 3.66. The van der Waals surface area contributed by atoms with Gasteiger partial charge in [0.2, 0.25) is 0 Å². The molecule has 0 radical (unpaired) electrons. The Balaban J connectivity index is 0.00000240. The van der Waals surface area contributed by atoms with Crippen LogP contribution in [0.3, 0.4) is 0 Å². The Hall–Kier alpha value is -1.09. The van der Waals surface area contributed by atoms with Crippen LogP contribution in [0.1, 0.15) is 51.0 Å². The molecule has 1 spiro atoms. The maximum atomic E-state index is 5.67. The van der Waals surface area contributed by atoms with Gasteiger partial charge in [0, 0.05) is 50.9 Å². The number of likely N-dealkylation sites (tertiary alicyclic amines) is 1. The molecule has 1 aromatic rings. The van der Waals surface area contributed by atoms with Crippen molar-refractivity contribution in [1.29, 1.82) is 0 Å². The zero-order valence-corrected chi connectivity index (χ0v) is 20.1. The van der Waals surface area contributed by atoms with Crippen molar-refractivity contribution in [2.24, 2.45) is 10.4 Å². The zero-order chi connectivity index (χ0) is 19.2. The fourth-order valence-electron chi connectivity index (χ4n) is 4.68. The first-order valence-electron chi connectivity index (χ1n) is 11.1. The molecular formula is C22H36IN5O. The van der Waals surface area contributed by atoms with Crippen LogP contribution in [-0.4, -0.2) is 61.8 Å². The molecule has 3 aliphatic rings. The molecule has 0 aliphatic carbocycles. The number of rotatable bonds is 4. The molecule has 29 heavy (non-hydrogen) atoms. The zero-order valence-electron chi connectivity index (χ0n) is 17.7. The molecule has 4 rings (SSSR count). The summed E-state index contributed by atoms with van der Waals surface area (Å²) in [5.74, 6) is 2.15. The summed E-state index contributed by atoms with van der Waals surface area (Å²) in [7, 11) is 0. The van der Waals surface area contributed by atoms with Crippen molar-refractivity contribution >= 4 is 35.8 Å². The van der Waals surface area contributed by atoms with Gasteiger partial charge in [-0.25, -0.2) is 9.98 Å². The second-order valence-corrected chi connectivity index (χ2v) is 8.57. The van der Waals surface area contributed by atoms with Gasteiger partial charge in [-0.2, -0.15) is 0 Å². The van der Waals surface area contributed by atoms with E-state index >= 15 is 0 Å². The van der Waals surface area contributed by atoms with Crippen molar-refractivity contribution in [3.8, 4) is 0 Å². The van der Waals surface area contributed by atoms with Crippen molar-refractivity contribution in [3.63, 3.8) is 0 Å². The highest BCUT2D eigenvalue weighted by molar-refractivity contribution is 14.0. The molecule has 0 amide bonds. The van der Waals surface area contributed by atoms with Crippen LogP contribution in [0.5, 0.6) is 0 Å². The monoisotopic (exact) mass is 513 g/mol. The number of anilines is 1. The minimum Gasteiger partial charge on any atom is -0.381 e. The third kappa shape index (κ3) is 5.75. The van der Waals surface area contributed by atoms with Crippen molar-refractivity contribution in [3.05, 3.63) is 23.9 Å². The SMILES string of the molecule is CCNC(=NCc1ccc(N2CCCCCC2)nc1)N1CCC2(CCOC2)C1.I. The fourth-order valence-corrected chi connectivity index (χ4v) is 4.68. The summed E-state index contributed by atoms with van der Waals surface area (Å²) in [6.07, 6.45) is 9.66. The molecule has 0 aromatic carbocycles. The summed E-state index contributed by atoms with van der Waals surface area (Å²) < 4.78 is 5.67. The van der Waals surface area contributed by atoms with Gasteiger partial charge in [-0.3, -0.25) is 0 Å². The molecule has 3 aliphatic heterocycles. The lowest BCUT2D eigenvalue weighted by molar-refractivity contribution is 0.156. The Bertz CT molecular complexity index is 652. The second kappa shape index (κ2) is 10.8. The maximum Gasteiger partial charge on any atom is 0.194 e. The number of guanidine groups is 1. The molecule has 3 fully saturated rings. The Morgan fingerprint density at radius 1 is 1.17 bits per heavy atom. The Kier molecular flexibility index (Phi) is 8.41. The first-order chi connectivity index (χ1) is 13.8. The average molecular weight is 513 g/mol. The molecule has 7 heteroatoms. The van der Waals surface area contributed by atoms with E-state index in [-0.39, 0.29) is 24.0 Å². The molecule has 1 atom stereocenters. The Morgan fingerprint density at radius 2 is 2.00 bits per heavy atom. The van der Waals surface area contributed by atoms with Gasteiger partial charge in [0.15, 0.2) is 5.96 Å². The number of nitrogens with one attached hydrogen (secondary N) is 1. The van der Waals surface area contributed by atoms with Gasteiger partial charge in [-0.15, -0.1) is 24.0 Å². The lowest BCUT2D eigenvalue weighted by Crippen LogP contribution is -2.41. The van der Waals surface area contributed by atoms with Crippen LogP contribution >= 0.6 is 24.0 Å². The quantitative estimate of drug-likeness (QED) is 0.379. The van der Waals surface area contributed by atoms with E-state index in [2.05, 4.69) is 34.2 Å². The summed E-state index contributed by atoms with van der Waals surface area (Å²) in [6.45, 7) is 9.93. The van der Waals surface area contributed by atoms with Gasteiger partial charge in [-0.05, 0) is 44.2 Å². The highest BCUT2D eigenvalue weighted by Crippen LogP contribution is 2.38. The van der Waals surface area contributed by atoms with Gasteiger partial charge >= 0.3 is 0 Å². The summed E-state index contributed by atoms with van der Waals surface area (Å²) in [4.78, 5) is 14.5. The minimum atomic E-state index is 0. The Labute approximate surface area is 192 Å². The molecule has 0 bridgehead atoms. The molecule has 4 heterocycles. The number of nitrogens with zero attached hydrogens (tertiary/aromatic N) is 4. The van der Waals surface area contributed by atoms with E-state index in [0.29, 0.717) is 12.0 Å². The van der Waals surface area contributed by atoms with Crippen molar-refractivity contribution < 1.29 is 4.74 Å². The largest absolute Gasteiger partial charge is 0.381 e. The van der Waals surface area contributed by atoms with Gasteiger partial charge in [0.05, 0.1) is 13.2 Å². The molecule has 162 valence electrons. The van der Waals surface area contributed by atoms with Gasteiger partial charge < -0.3 is 19.9 Å². The number of aromatic nitrogens is 1. The van der Waals surface area contributed by atoms with Gasteiger partial charge in [0.25, 0.3) is 0 Å². The molecule has 1 N–H and O–H groups in total. The van der Waals surface area contributed by atoms with Crippen LogP contribution in [0.25, 0.3) is 0 Å². The smallest absolute Gasteiger partial charge is 0.194 e. The van der Waals surface area contributed by atoms with Crippen LogP contribution in [0, 0.1) is 5.41 Å². The van der Waals surface area contributed by atoms with E-state index in [1.165, 1.54) is 44.1 Å². The highest BCUT2D eigenvalue weighted by atomic mass is 127. The number of halogens is 1. The topological polar surface area (TPSA) is 53.0 Å². The lowest BCUT2D eigenvalue weighted by Gasteiger charge is -2.25. The van der Waals surface area contributed by atoms with Crippen LogP contribution in [0.2, 0.25) is 0 Å². The lowest BCUT2D eigenvalue weighted by atomic mass is 9.87. The molecule has 1 unspecified atom stereocenters. The standard InChI is InChI=1S/C22H35N5O.HI/c1-2-23-21(27-13-9-22(17-27)10-14-28-18-22)25-16-19-7-8-20(24-15-19)26-11-5-3-4-6-12-26;/h7-8,15H,2-6,9-14,16-18H2,1H3,(H,23,25);1H. The van der Waals surface area contributed by atoms with Gasteiger partial charge in [-0.1, -0.05) is 18.9 Å². The summed E-state index contributed by atoms with van der Waals surface area (Å²) >= 11 is 0. The first kappa shape index (κ1) is 22.6. The number of hydrogen-bond donors (Lipinski definition) is 1. The van der Waals surface area contributed by atoms with Crippen LogP contribution in [0.15, 0.2) is 23.3 Å². The number of pyridine rings is 1. The van der Waals surface area contributed by atoms with Crippen molar-refractivity contribution in [2.75, 3.05) is 50.8 Å². The summed E-state index contributed by atoms with van der Waals surface area (Å²) in [5, 5.41) is 3.48. The maximum absolute atomic E-state index is 5.67. The molecule has 0 saturated carbocycles. The highest BCUT2D eigenvalue weighted by Gasteiger charge is 2.42. The number of hydrogen-bond acceptors (Lipinski definition) is 4. The second-order valence-electron chi connectivity index (χ2n) is 8.57. The molecule has 6 nitrogen and oxygen atoms in total. The minimum absolute atomic E-state index is 0. The number of aliphatic imine (C=N–C) groups is 1. The van der Waals surface area contributed by atoms with E-state index in [4.69, 9.17) is 14.7 Å². The number of ether oxygens (including phenoxy) is 1. The van der Waals surface area contributed by atoms with Crippen LogP contribution in [-0.2, 0) is 11.3 Å². The first-order valence-corrected chi connectivity index (χ1v) is 11.1. The molecule has 3 saturated heterocycles. The van der Waals surface area contributed by atoms with Crippen LogP contribution < -0.4 is 10.2 Å². The van der Waals surface area contributed by atoms with E-state index in [0.717, 1.165) is 57.7 Å². The van der Waals surface area contributed by atoms with Crippen molar-refractivity contribution in [2.45, 2.75) is 52.0 Å². The molecular weight excluding hydrogens is 477 g/mol. The third-order valence-electron chi connectivity index (χ3n) is 6.41. The average Bonchev–Trinajstić information content (AvgIpc) is 3.27. The Morgan fingerprint density at radius 3 is 2.66 bits per heavy atom. The van der Waals surface area contributed by atoms with Gasteiger partial charge in [0.1, 0.15) is 5.82 Å². The predicted molar refractivity (Wildman–Crippen MR) is 129 cm³/mol. The van der Waals surface area contributed by atoms with Crippen molar-refractivity contribution in [1.82, 2.24) is 15.2 Å². The van der Waals surface area contributed by atoms with E-state index in [1.807, 2.05) is 6.20 Å². The van der Waals surface area contributed by atoms with Crippen LogP contribution in [0.4, 0.5) is 5.82 Å². The summed E-state index contributed by atoms with van der Waals surface area (Å²) in [5.41, 5.74) is 1.53. The normalized spacial score (nSPS) is 25.2. The molecule has 1 aromatic heterocycles. The third-order valence-corrected chi connectivity index (χ3v) is 6.41. The fraction of sp³-hybridized carbons (Fsp3) is 0.727.